The van der Waals surface area contributed by atoms with Crippen LogP contribution in [0.25, 0.3) is 0 Å². The number of alkyl halides is 2. The highest BCUT2D eigenvalue weighted by atomic mass is 35.7. The molecule has 0 aliphatic carbocycles. The molecule has 0 aromatic heterocycles. The molecule has 2 radical (unpaired) electrons. The summed E-state index contributed by atoms with van der Waals surface area (Å²) in [5, 5.41) is 0. The van der Waals surface area contributed by atoms with Crippen molar-refractivity contribution in [1.29, 1.82) is 0 Å². The van der Waals surface area contributed by atoms with E-state index in [-0.39, 0.29) is 0 Å². The standard InChI is InChI=1S/C2H4Cl6Si3/c1-11(2(3)4,9(5)6)10(7)8/h2H,1H3. The van der Waals surface area contributed by atoms with Crippen LogP contribution in [0.3, 0.4) is 0 Å². The third-order valence-electron chi connectivity index (χ3n) is 1.22. The summed E-state index contributed by atoms with van der Waals surface area (Å²) in [6.45, 7) is -1.29. The van der Waals surface area contributed by atoms with Crippen molar-refractivity contribution in [3.8, 4) is 0 Å². The Morgan fingerprint density at radius 3 is 1.27 bits per heavy atom. The predicted molar refractivity (Wildman–Crippen MR) is 62.0 cm³/mol. The number of hydrogen-bond donors (Lipinski definition) is 0. The molecule has 0 bridgehead atoms. The molecule has 0 fully saturated rings. The summed E-state index contributed by atoms with van der Waals surface area (Å²) >= 11 is 34.6. The molecule has 0 saturated heterocycles. The smallest absolute Gasteiger partial charge is 0.151 e. The largest absolute Gasteiger partial charge is 0.262 e. The van der Waals surface area contributed by atoms with Crippen molar-refractivity contribution in [1.82, 2.24) is 0 Å². The first-order valence-corrected chi connectivity index (χ1v) is 15.0. The van der Waals surface area contributed by atoms with Gasteiger partial charge in [-0.1, -0.05) is 6.55 Å². The average Bonchev–Trinajstić information content (AvgIpc) is 1.84. The van der Waals surface area contributed by atoms with Crippen molar-refractivity contribution in [3.05, 3.63) is 0 Å². The Labute approximate surface area is 98.7 Å². The van der Waals surface area contributed by atoms with Gasteiger partial charge < -0.3 is 0 Å². The van der Waals surface area contributed by atoms with Gasteiger partial charge in [-0.2, -0.15) is 44.3 Å². The minimum atomic E-state index is -2.19. The monoisotopic (exact) mass is 322 g/mol. The van der Waals surface area contributed by atoms with Crippen LogP contribution in [0.1, 0.15) is 0 Å². The van der Waals surface area contributed by atoms with Gasteiger partial charge in [-0.25, -0.2) is 0 Å². The highest BCUT2D eigenvalue weighted by Gasteiger charge is 2.50. The molecule has 11 heavy (non-hydrogen) atoms. The molecule has 9 heteroatoms. The van der Waals surface area contributed by atoms with Gasteiger partial charge in [0.25, 0.3) is 13.9 Å². The molecular formula is C2H4Cl6Si3. The minimum absolute atomic E-state index is 0.574. The van der Waals surface area contributed by atoms with E-state index in [0.717, 1.165) is 0 Å². The molecule has 0 aliphatic rings. The summed E-state index contributed by atoms with van der Waals surface area (Å²) in [7, 11) is -2.19. The molecule has 0 aromatic rings. The maximum Gasteiger partial charge on any atom is 0.262 e. The predicted octanol–water partition coefficient (Wildman–Crippen LogP) is 3.50. The molecular weight excluding hydrogens is 321 g/mol. The van der Waals surface area contributed by atoms with Gasteiger partial charge in [0.15, 0.2) is 0 Å². The Hall–Kier alpha value is 2.39. The van der Waals surface area contributed by atoms with E-state index in [1.807, 2.05) is 6.55 Å². The Kier molecular flexibility index (Phi) is 6.47. The fourth-order valence-corrected chi connectivity index (χ4v) is 30.7. The van der Waals surface area contributed by atoms with Crippen LogP contribution in [0.15, 0.2) is 0 Å². The molecule has 0 heterocycles. The molecule has 0 aromatic carbocycles. The van der Waals surface area contributed by atoms with Crippen LogP contribution in [-0.4, -0.2) is 25.4 Å². The number of halogens is 6. The highest BCUT2D eigenvalue weighted by Crippen LogP contribution is 2.30. The van der Waals surface area contributed by atoms with Crippen LogP contribution in [-0.2, 0) is 0 Å². The zero-order valence-corrected chi connectivity index (χ0v) is 12.9. The molecule has 0 spiro atoms. The van der Waals surface area contributed by atoms with Crippen molar-refractivity contribution in [2.24, 2.45) is 0 Å². The lowest BCUT2D eigenvalue weighted by Crippen LogP contribution is -2.57. The van der Waals surface area contributed by atoms with E-state index in [1.165, 1.54) is 0 Å². The molecule has 0 atom stereocenters. The van der Waals surface area contributed by atoms with Crippen LogP contribution in [0.2, 0.25) is 6.55 Å². The number of hydrogen-bond acceptors (Lipinski definition) is 0. The van der Waals surface area contributed by atoms with Gasteiger partial charge in [0, 0.05) is 0 Å². The van der Waals surface area contributed by atoms with Gasteiger partial charge in [-0.3, -0.25) is 0 Å². The van der Waals surface area contributed by atoms with Crippen LogP contribution in [0.5, 0.6) is 0 Å². The first-order valence-electron chi connectivity index (χ1n) is 2.48. The van der Waals surface area contributed by atoms with E-state index in [0.29, 0.717) is 0 Å². The van der Waals surface area contributed by atoms with Crippen molar-refractivity contribution in [2.75, 3.05) is 0 Å². The van der Waals surface area contributed by atoms with Crippen LogP contribution in [0.4, 0.5) is 0 Å². The Morgan fingerprint density at radius 2 is 1.27 bits per heavy atom. The van der Waals surface area contributed by atoms with Crippen LogP contribution >= 0.6 is 67.5 Å². The molecule has 0 rings (SSSR count). The Bertz CT molecular complexity index is 103. The molecule has 0 saturated carbocycles. The zero-order chi connectivity index (χ0) is 9.23. The van der Waals surface area contributed by atoms with Gasteiger partial charge in [0.05, 0.1) is 4.46 Å². The lowest BCUT2D eigenvalue weighted by Gasteiger charge is -2.26. The lowest BCUT2D eigenvalue weighted by molar-refractivity contribution is 1.80. The molecule has 0 aliphatic heterocycles. The van der Waals surface area contributed by atoms with Crippen LogP contribution < -0.4 is 0 Å². The summed E-state index contributed by atoms with van der Waals surface area (Å²) in [4.78, 5) is 0. The second-order valence-corrected chi connectivity index (χ2v) is 28.1. The topological polar surface area (TPSA) is 0 Å². The first-order chi connectivity index (χ1) is 4.83. The fraction of sp³-hybridized carbons (Fsp3) is 1.00. The molecule has 0 N–H and O–H groups in total. The molecule has 66 valence electrons. The van der Waals surface area contributed by atoms with Gasteiger partial charge in [-0.15, -0.1) is 23.2 Å². The van der Waals surface area contributed by atoms with Crippen molar-refractivity contribution in [3.63, 3.8) is 0 Å². The molecule has 0 nitrogen and oxygen atoms in total. The van der Waals surface area contributed by atoms with Gasteiger partial charge in [0.1, 0.15) is 7.11 Å². The summed E-state index contributed by atoms with van der Waals surface area (Å²) in [5.41, 5.74) is 0. The van der Waals surface area contributed by atoms with Crippen LogP contribution in [0, 0.1) is 0 Å². The molecule has 0 unspecified atom stereocenters. The lowest BCUT2D eigenvalue weighted by atomic mass is 11.8. The second-order valence-electron chi connectivity index (χ2n) is 2.02. The summed E-state index contributed by atoms with van der Waals surface area (Å²) in [6, 6.07) is 0. The fourth-order valence-electron chi connectivity index (χ4n) is 0.236. The van der Waals surface area contributed by atoms with Gasteiger partial charge in [0.2, 0.25) is 0 Å². The quantitative estimate of drug-likeness (QED) is 0.423. The molecule has 0 amide bonds. The summed E-state index contributed by atoms with van der Waals surface area (Å²) in [5.74, 6) is 0. The maximum absolute atomic E-state index is 5.79. The van der Waals surface area contributed by atoms with Crippen molar-refractivity contribution in [2.45, 2.75) is 11.0 Å². The average molecular weight is 325 g/mol. The minimum Gasteiger partial charge on any atom is -0.151 e. The first kappa shape index (κ1) is 13.4. The van der Waals surface area contributed by atoms with E-state index >= 15 is 0 Å². The highest BCUT2D eigenvalue weighted by molar-refractivity contribution is 7.90. The normalized spacial score (nSPS) is 13.6. The van der Waals surface area contributed by atoms with E-state index in [4.69, 9.17) is 67.5 Å². The zero-order valence-electron chi connectivity index (χ0n) is 5.35. The van der Waals surface area contributed by atoms with Crippen molar-refractivity contribution >= 4 is 88.5 Å². The Balaban J connectivity index is 4.53. The SMILES string of the molecule is C[Si](C(Cl)Cl)([Si](Cl)Cl)[Si](Cl)Cl. The van der Waals surface area contributed by atoms with Gasteiger partial charge in [-0.05, 0) is 0 Å². The maximum atomic E-state index is 5.79. The van der Waals surface area contributed by atoms with E-state index < -0.39 is 25.4 Å². The third kappa shape index (κ3) is 3.22. The number of rotatable bonds is 3. The van der Waals surface area contributed by atoms with Gasteiger partial charge >= 0.3 is 0 Å². The summed E-state index contributed by atoms with van der Waals surface area (Å²) < 4.78 is -0.574. The van der Waals surface area contributed by atoms with E-state index in [2.05, 4.69) is 0 Å². The van der Waals surface area contributed by atoms with E-state index in [9.17, 15) is 0 Å². The third-order valence-corrected chi connectivity index (χ3v) is 39.3. The van der Waals surface area contributed by atoms with E-state index in [1.54, 1.807) is 0 Å². The van der Waals surface area contributed by atoms with Crippen molar-refractivity contribution < 1.29 is 0 Å². The Morgan fingerprint density at radius 1 is 1.00 bits per heavy atom. The second kappa shape index (κ2) is 5.32. The summed E-state index contributed by atoms with van der Waals surface area (Å²) in [6.07, 6.45) is 0.